The molecule has 9 heteroatoms. The maximum Gasteiger partial charge on any atom is 0.417 e. The first kappa shape index (κ1) is 17.5. The second kappa shape index (κ2) is 6.55. The van der Waals surface area contributed by atoms with Crippen molar-refractivity contribution in [2.75, 3.05) is 18.1 Å². The maximum absolute atomic E-state index is 12.9. The van der Waals surface area contributed by atoms with Crippen LogP contribution in [0, 0.1) is 0 Å². The van der Waals surface area contributed by atoms with Gasteiger partial charge >= 0.3 is 6.18 Å². The van der Waals surface area contributed by atoms with Gasteiger partial charge in [0.15, 0.2) is 11.5 Å². The van der Waals surface area contributed by atoms with Crippen molar-refractivity contribution in [2.24, 2.45) is 7.05 Å². The first-order valence-electron chi connectivity index (χ1n) is 7.55. The lowest BCUT2D eigenvalue weighted by Gasteiger charge is -2.09. The molecule has 3 aromatic heterocycles. The Morgan fingerprint density at radius 1 is 1.20 bits per heavy atom. The molecule has 0 aliphatic heterocycles. The zero-order chi connectivity index (χ0) is 18.2. The van der Waals surface area contributed by atoms with Crippen molar-refractivity contribution in [2.45, 2.75) is 18.0 Å². The van der Waals surface area contributed by atoms with Crippen LogP contribution in [0.15, 0.2) is 29.4 Å². The summed E-state index contributed by atoms with van der Waals surface area (Å²) in [6.07, 6.45) is -1.95. The van der Waals surface area contributed by atoms with E-state index in [1.807, 2.05) is 13.0 Å². The summed E-state index contributed by atoms with van der Waals surface area (Å²) >= 11 is 1.60. The van der Waals surface area contributed by atoms with Crippen LogP contribution in [0.2, 0.25) is 0 Å². The van der Waals surface area contributed by atoms with Crippen molar-refractivity contribution >= 4 is 28.6 Å². The van der Waals surface area contributed by atoms with Crippen LogP contribution in [-0.4, -0.2) is 32.3 Å². The molecule has 0 saturated carbocycles. The van der Waals surface area contributed by atoms with Crippen molar-refractivity contribution < 1.29 is 13.2 Å². The molecule has 0 aliphatic rings. The van der Waals surface area contributed by atoms with Gasteiger partial charge in [-0.05, 0) is 17.9 Å². The Labute approximate surface area is 146 Å². The highest BCUT2D eigenvalue weighted by atomic mass is 32.2. The normalized spacial score (nSPS) is 11.9. The fourth-order valence-electron chi connectivity index (χ4n) is 2.46. The summed E-state index contributed by atoms with van der Waals surface area (Å²) in [4.78, 5) is 13.7. The van der Waals surface area contributed by atoms with Crippen molar-refractivity contribution in [1.82, 2.24) is 19.5 Å². The number of anilines is 1. The molecule has 1 N–H and O–H groups in total. The summed E-state index contributed by atoms with van der Waals surface area (Å²) in [7, 11) is 3.52. The third-order valence-corrected chi connectivity index (χ3v) is 4.60. The highest BCUT2D eigenvalue weighted by Crippen LogP contribution is 2.34. The minimum atomic E-state index is -4.45. The number of fused-ring (bicyclic) bond motifs is 1. The molecule has 0 aliphatic carbocycles. The molecule has 25 heavy (non-hydrogen) atoms. The van der Waals surface area contributed by atoms with Crippen LogP contribution in [0.5, 0.6) is 0 Å². The van der Waals surface area contributed by atoms with Gasteiger partial charge in [0.25, 0.3) is 0 Å². The van der Waals surface area contributed by atoms with E-state index < -0.39 is 11.7 Å². The van der Waals surface area contributed by atoms with E-state index in [0.29, 0.717) is 17.2 Å². The Kier molecular flexibility index (Phi) is 4.59. The zero-order valence-corrected chi connectivity index (χ0v) is 14.7. The predicted molar refractivity (Wildman–Crippen MR) is 92.7 cm³/mol. The van der Waals surface area contributed by atoms with Crippen molar-refractivity contribution in [1.29, 1.82) is 0 Å². The molecule has 0 aromatic carbocycles. The second-order valence-corrected chi connectivity index (χ2v) is 6.62. The largest absolute Gasteiger partial charge is 0.417 e. The third-order valence-electron chi connectivity index (χ3n) is 3.69. The van der Waals surface area contributed by atoms with Gasteiger partial charge in [0.1, 0.15) is 11.2 Å². The van der Waals surface area contributed by atoms with Gasteiger partial charge in [-0.1, -0.05) is 6.92 Å². The number of thioether (sulfide) groups is 1. The molecule has 0 fully saturated rings. The molecule has 0 radical (unpaired) electrons. The molecular formula is C16H16F3N5S. The van der Waals surface area contributed by atoms with E-state index in [2.05, 4.69) is 20.3 Å². The van der Waals surface area contributed by atoms with Crippen LogP contribution < -0.4 is 5.32 Å². The van der Waals surface area contributed by atoms with E-state index in [0.717, 1.165) is 28.6 Å². The maximum atomic E-state index is 12.9. The Morgan fingerprint density at radius 2 is 1.96 bits per heavy atom. The van der Waals surface area contributed by atoms with E-state index in [4.69, 9.17) is 0 Å². The number of alkyl halides is 3. The zero-order valence-electron chi connectivity index (χ0n) is 13.8. The van der Waals surface area contributed by atoms with Crippen LogP contribution in [0.4, 0.5) is 18.9 Å². The van der Waals surface area contributed by atoms with E-state index in [1.165, 1.54) is 0 Å². The molecule has 0 bridgehead atoms. The number of halogens is 3. The van der Waals surface area contributed by atoms with E-state index >= 15 is 0 Å². The van der Waals surface area contributed by atoms with Gasteiger partial charge in [0.05, 0.1) is 17.4 Å². The van der Waals surface area contributed by atoms with Crippen LogP contribution in [0.1, 0.15) is 12.5 Å². The number of rotatable bonds is 4. The molecule has 0 saturated heterocycles. The number of hydrogen-bond acceptors (Lipinski definition) is 5. The van der Waals surface area contributed by atoms with Gasteiger partial charge in [-0.15, -0.1) is 11.8 Å². The van der Waals surface area contributed by atoms with E-state index in [9.17, 15) is 13.2 Å². The minimum Gasteiger partial charge on any atom is -0.387 e. The molecule has 132 valence electrons. The number of hydrogen-bond donors (Lipinski definition) is 1. The van der Waals surface area contributed by atoms with Crippen LogP contribution in [0.25, 0.3) is 22.7 Å². The van der Waals surface area contributed by atoms with Crippen LogP contribution in [0.3, 0.4) is 0 Å². The van der Waals surface area contributed by atoms with Gasteiger partial charge in [0, 0.05) is 25.2 Å². The summed E-state index contributed by atoms with van der Waals surface area (Å²) in [6.45, 7) is 2.02. The lowest BCUT2D eigenvalue weighted by atomic mass is 10.2. The smallest absolute Gasteiger partial charge is 0.387 e. The quantitative estimate of drug-likeness (QED) is 0.701. The van der Waals surface area contributed by atoms with Crippen molar-refractivity contribution in [3.8, 4) is 11.5 Å². The second-order valence-electron chi connectivity index (χ2n) is 5.31. The summed E-state index contributed by atoms with van der Waals surface area (Å²) in [5.74, 6) is 1.32. The predicted octanol–water partition coefficient (Wildman–Crippen LogP) is 4.20. The highest BCUT2D eigenvalue weighted by Gasteiger charge is 2.32. The SMILES string of the molecule is CCSc1cc(NC)cnc1-c1nc2cc(C(F)(F)F)cnc2n1C. The minimum absolute atomic E-state index is 0.194. The van der Waals surface area contributed by atoms with Gasteiger partial charge in [-0.25, -0.2) is 15.0 Å². The van der Waals surface area contributed by atoms with Gasteiger partial charge in [0.2, 0.25) is 0 Å². The summed E-state index contributed by atoms with van der Waals surface area (Å²) in [6, 6.07) is 2.96. The van der Waals surface area contributed by atoms with Crippen molar-refractivity contribution in [3.05, 3.63) is 30.1 Å². The number of aromatic nitrogens is 4. The Bertz CT molecular complexity index is 920. The Balaban J connectivity index is 2.17. The number of nitrogens with zero attached hydrogens (tertiary/aromatic N) is 4. The van der Waals surface area contributed by atoms with Crippen LogP contribution >= 0.6 is 11.8 Å². The average Bonchev–Trinajstić information content (AvgIpc) is 2.90. The van der Waals surface area contributed by atoms with Gasteiger partial charge in [-0.2, -0.15) is 13.2 Å². The monoisotopic (exact) mass is 367 g/mol. The van der Waals surface area contributed by atoms with Gasteiger partial charge in [-0.3, -0.25) is 0 Å². The van der Waals surface area contributed by atoms with Gasteiger partial charge < -0.3 is 9.88 Å². The first-order chi connectivity index (χ1) is 11.8. The fraction of sp³-hybridized carbons (Fsp3) is 0.312. The van der Waals surface area contributed by atoms with E-state index in [1.54, 1.807) is 36.6 Å². The number of nitrogens with one attached hydrogen (secondary N) is 1. The summed E-state index contributed by atoms with van der Waals surface area (Å²) < 4.78 is 40.4. The fourth-order valence-corrected chi connectivity index (χ4v) is 3.26. The lowest BCUT2D eigenvalue weighted by molar-refractivity contribution is -0.137. The summed E-state index contributed by atoms with van der Waals surface area (Å²) in [5, 5.41) is 3.03. The van der Waals surface area contributed by atoms with E-state index in [-0.39, 0.29) is 5.52 Å². The average molecular weight is 367 g/mol. The lowest BCUT2D eigenvalue weighted by Crippen LogP contribution is -2.05. The van der Waals surface area contributed by atoms with Crippen LogP contribution in [-0.2, 0) is 13.2 Å². The number of pyridine rings is 2. The Morgan fingerprint density at radius 3 is 2.60 bits per heavy atom. The molecule has 5 nitrogen and oxygen atoms in total. The molecule has 0 spiro atoms. The molecule has 0 atom stereocenters. The standard InChI is InChI=1S/C16H16F3N5S/c1-4-25-12-6-10(20-2)8-21-13(12)15-23-11-5-9(16(17,18)19)7-22-14(11)24(15)3/h5-8,20H,4H2,1-3H3. The Hall–Kier alpha value is -2.29. The third kappa shape index (κ3) is 3.28. The molecular weight excluding hydrogens is 351 g/mol. The molecule has 3 rings (SSSR count). The molecule has 0 unspecified atom stereocenters. The summed E-state index contributed by atoms with van der Waals surface area (Å²) in [5.41, 5.74) is 1.25. The first-order valence-corrected chi connectivity index (χ1v) is 8.54. The number of aryl methyl sites for hydroxylation is 1. The highest BCUT2D eigenvalue weighted by molar-refractivity contribution is 7.99. The number of imidazole rings is 1. The molecule has 0 amide bonds. The topological polar surface area (TPSA) is 55.6 Å². The molecule has 3 aromatic rings. The molecule has 3 heterocycles. The van der Waals surface area contributed by atoms with Crippen molar-refractivity contribution in [3.63, 3.8) is 0 Å².